The Morgan fingerprint density at radius 3 is 2.86 bits per heavy atom. The maximum atomic E-state index is 12.2. The van der Waals surface area contributed by atoms with Crippen molar-refractivity contribution in [2.75, 3.05) is 0 Å². The fourth-order valence-electron chi connectivity index (χ4n) is 2.16. The molecule has 3 rings (SSSR count). The predicted octanol–water partition coefficient (Wildman–Crippen LogP) is 2.85. The zero-order chi connectivity index (χ0) is 14.8. The number of rotatable bonds is 6. The van der Waals surface area contributed by atoms with Crippen molar-refractivity contribution in [2.24, 2.45) is 5.92 Å². The third kappa shape index (κ3) is 3.48. The van der Waals surface area contributed by atoms with Gasteiger partial charge in [0.2, 0.25) is 0 Å². The van der Waals surface area contributed by atoms with Crippen LogP contribution in [0.25, 0.3) is 9.88 Å². The summed E-state index contributed by atoms with van der Waals surface area (Å²) in [6, 6.07) is 3.61. The molecule has 5 nitrogen and oxygen atoms in total. The second-order valence-corrected chi connectivity index (χ2v) is 6.84. The van der Waals surface area contributed by atoms with Gasteiger partial charge >= 0.3 is 5.97 Å². The van der Waals surface area contributed by atoms with E-state index in [9.17, 15) is 9.59 Å². The lowest BCUT2D eigenvalue weighted by atomic mass is 10.1. The van der Waals surface area contributed by atoms with Crippen LogP contribution in [0.15, 0.2) is 22.9 Å². The predicted molar refractivity (Wildman–Crippen MR) is 81.7 cm³/mol. The molecule has 1 saturated carbocycles. The van der Waals surface area contributed by atoms with Gasteiger partial charge in [-0.2, -0.15) is 0 Å². The number of nitrogens with zero attached hydrogens (tertiary/aromatic N) is 1. The van der Waals surface area contributed by atoms with Gasteiger partial charge < -0.3 is 10.4 Å². The summed E-state index contributed by atoms with van der Waals surface area (Å²) in [5.41, 5.74) is 0.361. The quantitative estimate of drug-likeness (QED) is 0.857. The van der Waals surface area contributed by atoms with Gasteiger partial charge in [0, 0.05) is 11.4 Å². The van der Waals surface area contributed by atoms with Gasteiger partial charge in [-0.3, -0.25) is 9.59 Å². The highest BCUT2D eigenvalue weighted by Gasteiger charge is 2.34. The van der Waals surface area contributed by atoms with Crippen molar-refractivity contribution in [3.05, 3.63) is 28.6 Å². The van der Waals surface area contributed by atoms with E-state index >= 15 is 0 Å². The smallest absolute Gasteiger partial charge is 0.305 e. The summed E-state index contributed by atoms with van der Waals surface area (Å²) < 4.78 is 0. The van der Waals surface area contributed by atoms with Crippen molar-refractivity contribution in [1.29, 1.82) is 0 Å². The molecule has 1 atom stereocenters. The van der Waals surface area contributed by atoms with Crippen LogP contribution in [-0.2, 0) is 4.79 Å². The minimum Gasteiger partial charge on any atom is -0.481 e. The first-order valence-electron chi connectivity index (χ1n) is 6.65. The fourth-order valence-corrected chi connectivity index (χ4v) is 3.77. The van der Waals surface area contributed by atoms with Crippen LogP contribution >= 0.6 is 22.7 Å². The van der Waals surface area contributed by atoms with Crippen LogP contribution in [0.1, 0.15) is 29.8 Å². The number of aromatic nitrogens is 1. The fraction of sp³-hybridized carbons (Fsp3) is 0.357. The van der Waals surface area contributed by atoms with Crippen molar-refractivity contribution in [2.45, 2.75) is 25.3 Å². The maximum absolute atomic E-state index is 12.2. The van der Waals surface area contributed by atoms with Gasteiger partial charge in [-0.15, -0.1) is 22.7 Å². The number of carbonyl (C=O) groups is 2. The Kier molecular flexibility index (Phi) is 4.03. The SMILES string of the molecule is O=C(O)CC(NC(=O)c1csc(-c2cccs2)n1)C1CC1. The molecule has 0 aliphatic heterocycles. The molecule has 1 aliphatic rings. The van der Waals surface area contributed by atoms with Gasteiger partial charge in [0.25, 0.3) is 5.91 Å². The van der Waals surface area contributed by atoms with Crippen molar-refractivity contribution >= 4 is 34.6 Å². The number of thiophene rings is 1. The van der Waals surface area contributed by atoms with Crippen LogP contribution in [0.5, 0.6) is 0 Å². The molecule has 1 fully saturated rings. The molecule has 1 amide bonds. The van der Waals surface area contributed by atoms with Gasteiger partial charge in [-0.1, -0.05) is 6.07 Å². The number of amides is 1. The third-order valence-electron chi connectivity index (χ3n) is 3.37. The molecular weight excluding hydrogens is 308 g/mol. The van der Waals surface area contributed by atoms with E-state index in [4.69, 9.17) is 5.11 Å². The average molecular weight is 322 g/mol. The summed E-state index contributed by atoms with van der Waals surface area (Å²) >= 11 is 3.00. The topological polar surface area (TPSA) is 79.3 Å². The lowest BCUT2D eigenvalue weighted by Crippen LogP contribution is -2.38. The molecule has 0 bridgehead atoms. The summed E-state index contributed by atoms with van der Waals surface area (Å²) in [6.07, 6.45) is 1.93. The summed E-state index contributed by atoms with van der Waals surface area (Å²) in [6.45, 7) is 0. The number of carbonyl (C=O) groups excluding carboxylic acids is 1. The van der Waals surface area contributed by atoms with Gasteiger partial charge in [0.1, 0.15) is 10.7 Å². The van der Waals surface area contributed by atoms with Crippen LogP contribution < -0.4 is 5.32 Å². The minimum absolute atomic E-state index is 0.0294. The van der Waals surface area contributed by atoms with E-state index in [2.05, 4.69) is 10.3 Å². The maximum Gasteiger partial charge on any atom is 0.305 e. The van der Waals surface area contributed by atoms with Crippen molar-refractivity contribution in [3.63, 3.8) is 0 Å². The first-order valence-corrected chi connectivity index (χ1v) is 8.41. The summed E-state index contributed by atoms with van der Waals surface area (Å²) in [7, 11) is 0. The molecule has 1 unspecified atom stereocenters. The van der Waals surface area contributed by atoms with Crippen molar-refractivity contribution in [3.8, 4) is 9.88 Å². The second-order valence-electron chi connectivity index (χ2n) is 5.03. The molecule has 0 spiro atoms. The van der Waals surface area contributed by atoms with Crippen LogP contribution in [0.2, 0.25) is 0 Å². The molecule has 1 aliphatic carbocycles. The van der Waals surface area contributed by atoms with Gasteiger partial charge in [-0.25, -0.2) is 4.98 Å². The lowest BCUT2D eigenvalue weighted by Gasteiger charge is -2.15. The molecule has 2 aromatic rings. The van der Waals surface area contributed by atoms with Gasteiger partial charge in [-0.05, 0) is 30.2 Å². The Morgan fingerprint density at radius 2 is 2.24 bits per heavy atom. The summed E-state index contributed by atoms with van der Waals surface area (Å²) in [5.74, 6) is -0.877. The molecule has 2 N–H and O–H groups in total. The Hall–Kier alpha value is -1.73. The van der Waals surface area contributed by atoms with Gasteiger partial charge in [0.05, 0.1) is 11.3 Å². The van der Waals surface area contributed by atoms with Crippen LogP contribution in [0.3, 0.4) is 0 Å². The molecular formula is C14H14N2O3S2. The van der Waals surface area contributed by atoms with E-state index in [1.807, 2.05) is 17.5 Å². The summed E-state index contributed by atoms with van der Waals surface area (Å²) in [5, 5.41) is 16.2. The highest BCUT2D eigenvalue weighted by Crippen LogP contribution is 2.34. The van der Waals surface area contributed by atoms with Crippen LogP contribution in [0, 0.1) is 5.92 Å². The minimum atomic E-state index is -0.884. The number of hydrogen-bond donors (Lipinski definition) is 2. The van der Waals surface area contributed by atoms with Crippen molar-refractivity contribution in [1.82, 2.24) is 10.3 Å². The Labute approximate surface area is 129 Å². The molecule has 21 heavy (non-hydrogen) atoms. The molecule has 7 heteroatoms. The highest BCUT2D eigenvalue weighted by molar-refractivity contribution is 7.20. The Bertz CT molecular complexity index is 647. The lowest BCUT2D eigenvalue weighted by molar-refractivity contribution is -0.137. The first-order chi connectivity index (χ1) is 10.1. The largest absolute Gasteiger partial charge is 0.481 e. The molecule has 0 saturated heterocycles. The van der Waals surface area contributed by atoms with E-state index in [-0.39, 0.29) is 18.4 Å². The highest BCUT2D eigenvalue weighted by atomic mass is 32.1. The number of aliphatic carboxylic acids is 1. The zero-order valence-electron chi connectivity index (χ0n) is 11.1. The number of thiazole rings is 1. The summed E-state index contributed by atoms with van der Waals surface area (Å²) in [4.78, 5) is 28.4. The van der Waals surface area contributed by atoms with Gasteiger partial charge in [0.15, 0.2) is 0 Å². The Morgan fingerprint density at radius 1 is 1.43 bits per heavy atom. The van der Waals surface area contributed by atoms with E-state index in [0.29, 0.717) is 11.6 Å². The molecule has 0 aromatic carbocycles. The van der Waals surface area contributed by atoms with E-state index in [0.717, 1.165) is 22.7 Å². The Balaban J connectivity index is 1.68. The number of carboxylic acids is 1. The van der Waals surface area contributed by atoms with Crippen LogP contribution in [-0.4, -0.2) is 28.0 Å². The monoisotopic (exact) mass is 322 g/mol. The standard InChI is InChI=1S/C14H14N2O3S2/c17-12(18)6-9(8-3-4-8)15-13(19)10-7-21-14(16-10)11-2-1-5-20-11/h1-2,5,7-9H,3-4,6H2,(H,15,19)(H,17,18). The van der Waals surface area contributed by atoms with E-state index in [1.54, 1.807) is 16.7 Å². The average Bonchev–Trinajstić information content (AvgIpc) is 2.95. The van der Waals surface area contributed by atoms with E-state index in [1.165, 1.54) is 11.3 Å². The third-order valence-corrected chi connectivity index (χ3v) is 5.25. The normalized spacial score (nSPS) is 15.6. The molecule has 110 valence electrons. The first kappa shape index (κ1) is 14.2. The van der Waals surface area contributed by atoms with E-state index < -0.39 is 5.97 Å². The zero-order valence-corrected chi connectivity index (χ0v) is 12.7. The molecule has 2 aromatic heterocycles. The number of nitrogens with one attached hydrogen (secondary N) is 1. The molecule has 2 heterocycles. The molecule has 0 radical (unpaired) electrons. The number of hydrogen-bond acceptors (Lipinski definition) is 5. The van der Waals surface area contributed by atoms with Crippen molar-refractivity contribution < 1.29 is 14.7 Å². The van der Waals surface area contributed by atoms with Crippen LogP contribution in [0.4, 0.5) is 0 Å². The number of carboxylic acid groups (broad SMARTS) is 1. The second kappa shape index (κ2) is 5.95.